The number of nitrogens with one attached hydrogen (secondary N) is 1. The molecule has 0 radical (unpaired) electrons. The minimum Gasteiger partial charge on any atom is -0.361 e. The minimum atomic E-state index is -0.0544. The maximum atomic E-state index is 11.7. The lowest BCUT2D eigenvalue weighted by Gasteiger charge is -2.00. The van der Waals surface area contributed by atoms with Crippen molar-refractivity contribution < 1.29 is 9.32 Å². The Balaban J connectivity index is 1.72. The number of hydrogen-bond acceptors (Lipinski definition) is 7. The molecule has 8 heteroatoms. The van der Waals surface area contributed by atoms with E-state index >= 15 is 0 Å². The van der Waals surface area contributed by atoms with Gasteiger partial charge >= 0.3 is 0 Å². The quantitative estimate of drug-likeness (QED) is 0.787. The van der Waals surface area contributed by atoms with Gasteiger partial charge in [0.2, 0.25) is 5.91 Å². The molecule has 114 valence electrons. The van der Waals surface area contributed by atoms with Gasteiger partial charge in [-0.15, -0.1) is 10.2 Å². The van der Waals surface area contributed by atoms with E-state index in [1.807, 2.05) is 13.0 Å². The minimum absolute atomic E-state index is 0.0544. The van der Waals surface area contributed by atoms with Gasteiger partial charge in [0, 0.05) is 12.5 Å². The normalized spacial score (nSPS) is 11.0. The highest BCUT2D eigenvalue weighted by atomic mass is 32.2. The number of carbonyl (C=O) groups excluding carboxylic acids is 1. The molecule has 2 aromatic rings. The number of nitrogens with zero attached hydrogens (tertiary/aromatic N) is 3. The first kappa shape index (κ1) is 16.0. The zero-order valence-corrected chi connectivity index (χ0v) is 13.9. The molecule has 0 aliphatic carbocycles. The first-order chi connectivity index (χ1) is 10.0. The van der Waals surface area contributed by atoms with E-state index in [4.69, 9.17) is 4.52 Å². The highest BCUT2D eigenvalue weighted by Gasteiger charge is 2.09. The van der Waals surface area contributed by atoms with Crippen LogP contribution in [0.2, 0.25) is 0 Å². The van der Waals surface area contributed by atoms with E-state index in [0.29, 0.717) is 18.2 Å². The molecule has 0 saturated carbocycles. The second-order valence-electron chi connectivity index (χ2n) is 5.03. The molecule has 0 fully saturated rings. The molecule has 6 nitrogen and oxygen atoms in total. The number of carbonyl (C=O) groups is 1. The Morgan fingerprint density at radius 3 is 2.95 bits per heavy atom. The molecule has 21 heavy (non-hydrogen) atoms. The van der Waals surface area contributed by atoms with Crippen LogP contribution in [0.5, 0.6) is 0 Å². The van der Waals surface area contributed by atoms with Crippen molar-refractivity contribution >= 4 is 29.0 Å². The van der Waals surface area contributed by atoms with Crippen molar-refractivity contribution in [2.75, 3.05) is 5.75 Å². The topological polar surface area (TPSA) is 80.9 Å². The molecule has 0 aliphatic heterocycles. The van der Waals surface area contributed by atoms with Gasteiger partial charge < -0.3 is 9.84 Å². The van der Waals surface area contributed by atoms with Gasteiger partial charge in [-0.2, -0.15) is 0 Å². The Labute approximate surface area is 131 Å². The highest BCUT2D eigenvalue weighted by Crippen LogP contribution is 2.21. The van der Waals surface area contributed by atoms with Gasteiger partial charge in [0.15, 0.2) is 4.34 Å². The van der Waals surface area contributed by atoms with E-state index in [0.717, 1.165) is 27.2 Å². The van der Waals surface area contributed by atoms with Crippen LogP contribution in [0.3, 0.4) is 0 Å². The van der Waals surface area contributed by atoms with Crippen LogP contribution >= 0.6 is 23.1 Å². The van der Waals surface area contributed by atoms with Crippen molar-refractivity contribution in [1.82, 2.24) is 20.7 Å². The lowest BCUT2D eigenvalue weighted by molar-refractivity contribution is -0.118. The van der Waals surface area contributed by atoms with Crippen LogP contribution in [0.15, 0.2) is 14.9 Å². The molecule has 0 atom stereocenters. The molecule has 0 bridgehead atoms. The van der Waals surface area contributed by atoms with Gasteiger partial charge in [-0.25, -0.2) is 0 Å². The summed E-state index contributed by atoms with van der Waals surface area (Å²) in [7, 11) is 0. The lowest BCUT2D eigenvalue weighted by Crippen LogP contribution is -2.24. The molecule has 2 heterocycles. The van der Waals surface area contributed by atoms with Crippen molar-refractivity contribution in [3.05, 3.63) is 22.5 Å². The summed E-state index contributed by atoms with van der Waals surface area (Å²) in [4.78, 5) is 11.7. The Kier molecular flexibility index (Phi) is 5.75. The van der Waals surface area contributed by atoms with Gasteiger partial charge in [0.25, 0.3) is 0 Å². The molecular formula is C13H18N4O2S2. The molecule has 0 aromatic carbocycles. The van der Waals surface area contributed by atoms with E-state index in [-0.39, 0.29) is 5.91 Å². The maximum absolute atomic E-state index is 11.7. The van der Waals surface area contributed by atoms with Crippen LogP contribution in [-0.4, -0.2) is 27.0 Å². The van der Waals surface area contributed by atoms with Crippen LogP contribution in [0.25, 0.3) is 0 Å². The predicted molar refractivity (Wildman–Crippen MR) is 82.3 cm³/mol. The Morgan fingerprint density at radius 2 is 2.29 bits per heavy atom. The largest absolute Gasteiger partial charge is 0.361 e. The summed E-state index contributed by atoms with van der Waals surface area (Å²) in [5.41, 5.74) is 0.746. The monoisotopic (exact) mass is 326 g/mol. The number of aryl methyl sites for hydroxylation is 1. The van der Waals surface area contributed by atoms with Crippen LogP contribution < -0.4 is 5.32 Å². The highest BCUT2D eigenvalue weighted by molar-refractivity contribution is 8.01. The molecule has 2 aromatic heterocycles. The van der Waals surface area contributed by atoms with Crippen molar-refractivity contribution in [2.45, 2.75) is 38.1 Å². The summed E-state index contributed by atoms with van der Waals surface area (Å²) in [6.45, 7) is 6.52. The molecule has 0 unspecified atom stereocenters. The van der Waals surface area contributed by atoms with Gasteiger partial charge in [-0.1, -0.05) is 42.1 Å². The van der Waals surface area contributed by atoms with Crippen molar-refractivity contribution in [3.63, 3.8) is 0 Å². The van der Waals surface area contributed by atoms with Crippen molar-refractivity contribution in [1.29, 1.82) is 0 Å². The third kappa shape index (κ3) is 5.47. The third-order valence-electron chi connectivity index (χ3n) is 2.52. The van der Waals surface area contributed by atoms with Crippen LogP contribution in [0.1, 0.15) is 30.3 Å². The molecule has 2 rings (SSSR count). The summed E-state index contributed by atoms with van der Waals surface area (Å²) >= 11 is 2.87. The smallest absolute Gasteiger partial charge is 0.230 e. The van der Waals surface area contributed by atoms with E-state index in [2.05, 4.69) is 34.5 Å². The number of thioether (sulfide) groups is 1. The van der Waals surface area contributed by atoms with Gasteiger partial charge in [-0.05, 0) is 12.8 Å². The molecule has 0 aliphatic rings. The molecule has 0 saturated heterocycles. The van der Waals surface area contributed by atoms with Crippen LogP contribution in [-0.2, 0) is 17.8 Å². The number of rotatable bonds is 7. The van der Waals surface area contributed by atoms with Gasteiger partial charge in [0.1, 0.15) is 16.5 Å². The van der Waals surface area contributed by atoms with Crippen LogP contribution in [0.4, 0.5) is 0 Å². The van der Waals surface area contributed by atoms with E-state index in [1.54, 1.807) is 0 Å². The van der Waals surface area contributed by atoms with Gasteiger partial charge in [-0.3, -0.25) is 4.79 Å². The second-order valence-corrected chi connectivity index (χ2v) is 7.44. The number of hydrogen-bond donors (Lipinski definition) is 1. The zero-order chi connectivity index (χ0) is 15.2. The van der Waals surface area contributed by atoms with E-state index in [9.17, 15) is 4.79 Å². The summed E-state index contributed by atoms with van der Waals surface area (Å²) in [6, 6.07) is 1.89. The fraction of sp³-hybridized carbons (Fsp3) is 0.538. The SMILES string of the molecule is Cc1nnc(SCC(=O)NCc2cc(CC(C)C)on2)s1. The average Bonchev–Trinajstić information content (AvgIpc) is 3.02. The lowest BCUT2D eigenvalue weighted by atomic mass is 10.1. The number of aromatic nitrogens is 3. The van der Waals surface area contributed by atoms with E-state index < -0.39 is 0 Å². The summed E-state index contributed by atoms with van der Waals surface area (Å²) in [5.74, 6) is 1.65. The van der Waals surface area contributed by atoms with E-state index in [1.165, 1.54) is 23.1 Å². The Morgan fingerprint density at radius 1 is 1.48 bits per heavy atom. The summed E-state index contributed by atoms with van der Waals surface area (Å²) < 4.78 is 6.03. The van der Waals surface area contributed by atoms with Crippen LogP contribution in [0, 0.1) is 12.8 Å². The first-order valence-corrected chi connectivity index (χ1v) is 8.47. The molecule has 1 N–H and O–H groups in total. The fourth-order valence-electron chi connectivity index (χ4n) is 1.64. The second kappa shape index (κ2) is 7.56. The Hall–Kier alpha value is -1.41. The standard InChI is InChI=1S/C13H18N4O2S2/c1-8(2)4-11-5-10(17-19-11)6-14-12(18)7-20-13-16-15-9(3)21-13/h5,8H,4,6-7H2,1-3H3,(H,14,18). The maximum Gasteiger partial charge on any atom is 0.230 e. The summed E-state index contributed by atoms with van der Waals surface area (Å²) in [5, 5.41) is 15.5. The van der Waals surface area contributed by atoms with Crippen molar-refractivity contribution in [3.8, 4) is 0 Å². The van der Waals surface area contributed by atoms with Gasteiger partial charge in [0.05, 0.1) is 12.3 Å². The zero-order valence-electron chi connectivity index (χ0n) is 12.3. The molecule has 0 spiro atoms. The summed E-state index contributed by atoms with van der Waals surface area (Å²) in [6.07, 6.45) is 0.854. The molecule has 1 amide bonds. The first-order valence-electron chi connectivity index (χ1n) is 6.67. The fourth-order valence-corrected chi connectivity index (χ4v) is 3.29. The average molecular weight is 326 g/mol. The number of amides is 1. The Bertz CT molecular complexity index is 595. The third-order valence-corrected chi connectivity index (χ3v) is 4.49. The molecular weight excluding hydrogens is 308 g/mol. The predicted octanol–water partition coefficient (Wildman–Crippen LogP) is 2.44. The van der Waals surface area contributed by atoms with Crippen molar-refractivity contribution in [2.24, 2.45) is 5.92 Å².